The van der Waals surface area contributed by atoms with E-state index in [0.29, 0.717) is 11.3 Å². The second-order valence-corrected chi connectivity index (χ2v) is 7.51. The van der Waals surface area contributed by atoms with Crippen molar-refractivity contribution in [2.45, 2.75) is 31.2 Å². The summed E-state index contributed by atoms with van der Waals surface area (Å²) in [4.78, 5) is 17.0. The molecule has 1 N–H and O–H groups in total. The fourth-order valence-corrected chi connectivity index (χ4v) is 3.57. The van der Waals surface area contributed by atoms with E-state index in [-0.39, 0.29) is 11.2 Å². The van der Waals surface area contributed by atoms with Gasteiger partial charge in [0.1, 0.15) is 6.07 Å². The normalized spacial score (nSPS) is 11.6. The SMILES string of the molecule is Cc1cccc(-n2ccnc2SC(C)C(=O)Nc2ccccc2C#N)c1C. The van der Waals surface area contributed by atoms with Gasteiger partial charge in [0.25, 0.3) is 0 Å². The van der Waals surface area contributed by atoms with Gasteiger partial charge in [-0.25, -0.2) is 4.98 Å². The van der Waals surface area contributed by atoms with Crippen LogP contribution in [0.15, 0.2) is 60.0 Å². The number of benzene rings is 2. The summed E-state index contributed by atoms with van der Waals surface area (Å²) in [5, 5.41) is 12.4. The molecule has 27 heavy (non-hydrogen) atoms. The molecule has 1 aromatic heterocycles. The predicted molar refractivity (Wildman–Crippen MR) is 108 cm³/mol. The van der Waals surface area contributed by atoms with E-state index in [4.69, 9.17) is 5.26 Å². The predicted octanol–water partition coefficient (Wildman–Crippen LogP) is 4.48. The number of nitrogens with one attached hydrogen (secondary N) is 1. The number of thioether (sulfide) groups is 1. The summed E-state index contributed by atoms with van der Waals surface area (Å²) < 4.78 is 2.00. The number of aryl methyl sites for hydroxylation is 1. The van der Waals surface area contributed by atoms with E-state index in [2.05, 4.69) is 36.3 Å². The first-order valence-corrected chi connectivity index (χ1v) is 9.46. The lowest BCUT2D eigenvalue weighted by molar-refractivity contribution is -0.115. The minimum atomic E-state index is -0.372. The maximum Gasteiger partial charge on any atom is 0.237 e. The average Bonchev–Trinajstić information content (AvgIpc) is 3.12. The Morgan fingerprint density at radius 3 is 2.78 bits per heavy atom. The van der Waals surface area contributed by atoms with Crippen LogP contribution in [-0.2, 0) is 4.79 Å². The number of aromatic nitrogens is 2. The molecule has 0 fully saturated rings. The molecule has 2 aromatic carbocycles. The fourth-order valence-electron chi connectivity index (χ4n) is 2.69. The number of carbonyl (C=O) groups is 1. The third kappa shape index (κ3) is 4.04. The summed E-state index contributed by atoms with van der Waals surface area (Å²) in [5.74, 6) is -0.168. The Bertz CT molecular complexity index is 1020. The zero-order valence-electron chi connectivity index (χ0n) is 15.4. The van der Waals surface area contributed by atoms with Gasteiger partial charge in [-0.3, -0.25) is 9.36 Å². The zero-order chi connectivity index (χ0) is 19.4. The molecule has 1 atom stereocenters. The number of hydrogen-bond donors (Lipinski definition) is 1. The van der Waals surface area contributed by atoms with E-state index in [1.165, 1.54) is 22.9 Å². The van der Waals surface area contributed by atoms with Gasteiger partial charge in [0.15, 0.2) is 5.16 Å². The maximum absolute atomic E-state index is 12.6. The Morgan fingerprint density at radius 2 is 2.00 bits per heavy atom. The van der Waals surface area contributed by atoms with Gasteiger partial charge in [0.2, 0.25) is 5.91 Å². The minimum Gasteiger partial charge on any atom is -0.324 e. The standard InChI is InChI=1S/C21H20N4OS/c1-14-7-6-10-19(15(14)2)25-12-11-23-21(25)27-16(3)20(26)24-18-9-5-4-8-17(18)13-22/h4-12,16H,1-3H3,(H,24,26). The van der Waals surface area contributed by atoms with Crippen LogP contribution in [0.4, 0.5) is 5.69 Å². The number of para-hydroxylation sites is 1. The van der Waals surface area contributed by atoms with Crippen molar-refractivity contribution >= 4 is 23.4 Å². The highest BCUT2D eigenvalue weighted by atomic mass is 32.2. The molecule has 0 saturated heterocycles. The molecule has 0 aliphatic rings. The molecule has 0 aliphatic heterocycles. The molecule has 0 aliphatic carbocycles. The minimum absolute atomic E-state index is 0.168. The molecular weight excluding hydrogens is 356 g/mol. The smallest absolute Gasteiger partial charge is 0.237 e. The van der Waals surface area contributed by atoms with Crippen LogP contribution in [0.3, 0.4) is 0 Å². The van der Waals surface area contributed by atoms with Crippen molar-refractivity contribution in [1.82, 2.24) is 9.55 Å². The number of carbonyl (C=O) groups excluding carboxylic acids is 1. The van der Waals surface area contributed by atoms with Gasteiger partial charge in [0, 0.05) is 12.4 Å². The lowest BCUT2D eigenvalue weighted by Crippen LogP contribution is -2.23. The molecule has 1 heterocycles. The largest absolute Gasteiger partial charge is 0.324 e. The zero-order valence-corrected chi connectivity index (χ0v) is 16.2. The van der Waals surface area contributed by atoms with Crippen LogP contribution in [0.2, 0.25) is 0 Å². The monoisotopic (exact) mass is 376 g/mol. The van der Waals surface area contributed by atoms with Gasteiger partial charge >= 0.3 is 0 Å². The second kappa shape index (κ2) is 8.11. The van der Waals surface area contributed by atoms with Crippen LogP contribution in [0.25, 0.3) is 5.69 Å². The van der Waals surface area contributed by atoms with Crippen LogP contribution >= 0.6 is 11.8 Å². The summed E-state index contributed by atoms with van der Waals surface area (Å²) in [6, 6.07) is 15.2. The molecule has 6 heteroatoms. The molecule has 0 radical (unpaired) electrons. The fraction of sp³-hybridized carbons (Fsp3) is 0.190. The summed E-state index contributed by atoms with van der Waals surface area (Å²) in [6.07, 6.45) is 3.64. The summed E-state index contributed by atoms with van der Waals surface area (Å²) in [5.41, 5.74) is 4.40. The Labute approximate surface area is 163 Å². The first-order valence-electron chi connectivity index (χ1n) is 8.58. The Hall–Kier alpha value is -3.04. The van der Waals surface area contributed by atoms with Crippen molar-refractivity contribution < 1.29 is 4.79 Å². The van der Waals surface area contributed by atoms with E-state index in [9.17, 15) is 4.79 Å². The van der Waals surface area contributed by atoms with Crippen molar-refractivity contribution in [3.63, 3.8) is 0 Å². The molecular formula is C21H20N4OS. The van der Waals surface area contributed by atoms with Crippen molar-refractivity contribution in [1.29, 1.82) is 5.26 Å². The number of nitrogens with zero attached hydrogens (tertiary/aromatic N) is 3. The first-order chi connectivity index (χ1) is 13.0. The highest BCUT2D eigenvalue weighted by Gasteiger charge is 2.19. The number of nitriles is 1. The third-order valence-electron chi connectivity index (χ3n) is 4.40. The van der Waals surface area contributed by atoms with Gasteiger partial charge in [0.05, 0.1) is 22.2 Å². The Kier molecular flexibility index (Phi) is 5.63. The van der Waals surface area contributed by atoms with Crippen LogP contribution in [0.5, 0.6) is 0 Å². The highest BCUT2D eigenvalue weighted by Crippen LogP contribution is 2.28. The number of anilines is 1. The lowest BCUT2D eigenvalue weighted by Gasteiger charge is -2.15. The van der Waals surface area contributed by atoms with Gasteiger partial charge < -0.3 is 5.32 Å². The second-order valence-electron chi connectivity index (χ2n) is 6.21. The summed E-state index contributed by atoms with van der Waals surface area (Å²) in [7, 11) is 0. The maximum atomic E-state index is 12.6. The van der Waals surface area contributed by atoms with Crippen LogP contribution in [0, 0.1) is 25.2 Å². The van der Waals surface area contributed by atoms with Gasteiger partial charge in [-0.05, 0) is 50.1 Å². The molecule has 0 bridgehead atoms. The van der Waals surface area contributed by atoms with Gasteiger partial charge in [-0.1, -0.05) is 36.0 Å². The molecule has 0 spiro atoms. The topological polar surface area (TPSA) is 70.7 Å². The quantitative estimate of drug-likeness (QED) is 0.667. The van der Waals surface area contributed by atoms with E-state index in [1.807, 2.05) is 29.8 Å². The van der Waals surface area contributed by atoms with Crippen molar-refractivity contribution in [3.8, 4) is 11.8 Å². The first kappa shape index (κ1) is 18.7. The summed E-state index contributed by atoms with van der Waals surface area (Å²) >= 11 is 1.38. The molecule has 1 unspecified atom stereocenters. The van der Waals surface area contributed by atoms with Crippen LogP contribution in [0.1, 0.15) is 23.6 Å². The molecule has 3 aromatic rings. The number of imidazole rings is 1. The number of hydrogen-bond acceptors (Lipinski definition) is 4. The van der Waals surface area contributed by atoms with Crippen molar-refractivity contribution in [2.75, 3.05) is 5.32 Å². The number of rotatable bonds is 5. The van der Waals surface area contributed by atoms with Crippen LogP contribution in [-0.4, -0.2) is 20.7 Å². The Balaban J connectivity index is 1.78. The summed E-state index contributed by atoms with van der Waals surface area (Å²) in [6.45, 7) is 5.98. The van der Waals surface area contributed by atoms with E-state index in [1.54, 1.807) is 30.5 Å². The van der Waals surface area contributed by atoms with E-state index < -0.39 is 0 Å². The molecule has 1 amide bonds. The Morgan fingerprint density at radius 1 is 1.22 bits per heavy atom. The average molecular weight is 376 g/mol. The molecule has 136 valence electrons. The molecule has 3 rings (SSSR count). The van der Waals surface area contributed by atoms with Gasteiger partial charge in [-0.15, -0.1) is 0 Å². The lowest BCUT2D eigenvalue weighted by atomic mass is 10.1. The van der Waals surface area contributed by atoms with Crippen molar-refractivity contribution in [2.24, 2.45) is 0 Å². The molecule has 5 nitrogen and oxygen atoms in total. The van der Waals surface area contributed by atoms with Gasteiger partial charge in [-0.2, -0.15) is 5.26 Å². The van der Waals surface area contributed by atoms with E-state index >= 15 is 0 Å². The molecule has 0 saturated carbocycles. The van der Waals surface area contributed by atoms with Crippen molar-refractivity contribution in [3.05, 3.63) is 71.5 Å². The van der Waals surface area contributed by atoms with E-state index in [0.717, 1.165) is 10.8 Å². The third-order valence-corrected chi connectivity index (χ3v) is 5.48. The van der Waals surface area contributed by atoms with Crippen LogP contribution < -0.4 is 5.32 Å². The number of amides is 1. The highest BCUT2D eigenvalue weighted by molar-refractivity contribution is 8.00.